The molecule has 0 radical (unpaired) electrons. The zero-order valence-corrected chi connectivity index (χ0v) is 14.4. The summed E-state index contributed by atoms with van der Waals surface area (Å²) in [5.74, 6) is 1.55. The van der Waals surface area contributed by atoms with Crippen LogP contribution in [-0.4, -0.2) is 37.6 Å². The van der Waals surface area contributed by atoms with Gasteiger partial charge in [-0.15, -0.1) is 0 Å². The van der Waals surface area contributed by atoms with Crippen molar-refractivity contribution in [2.24, 2.45) is 13.0 Å². The van der Waals surface area contributed by atoms with Gasteiger partial charge >= 0.3 is 0 Å². The number of hydrogen-bond acceptors (Lipinski definition) is 5. The van der Waals surface area contributed by atoms with E-state index < -0.39 is 0 Å². The Kier molecular flexibility index (Phi) is 4.41. The Bertz CT molecular complexity index is 803. The lowest BCUT2D eigenvalue weighted by Crippen LogP contribution is -2.35. The number of hydrogen-bond donors (Lipinski definition) is 0. The van der Waals surface area contributed by atoms with E-state index in [-0.39, 0.29) is 0 Å². The summed E-state index contributed by atoms with van der Waals surface area (Å²) in [6, 6.07) is 6.15. The molecule has 3 aromatic heterocycles. The molecule has 4 rings (SSSR count). The average Bonchev–Trinajstić information content (AvgIpc) is 3.10. The first-order chi connectivity index (χ1) is 12.3. The van der Waals surface area contributed by atoms with E-state index in [0.29, 0.717) is 5.92 Å². The van der Waals surface area contributed by atoms with Crippen LogP contribution >= 0.6 is 0 Å². The number of rotatable bonds is 4. The summed E-state index contributed by atoms with van der Waals surface area (Å²) >= 11 is 0. The van der Waals surface area contributed by atoms with E-state index in [9.17, 15) is 0 Å². The molecule has 6 heteroatoms. The van der Waals surface area contributed by atoms with Crippen molar-refractivity contribution in [2.45, 2.75) is 19.3 Å². The first-order valence-electron chi connectivity index (χ1n) is 8.73. The highest BCUT2D eigenvalue weighted by atomic mass is 15.2. The van der Waals surface area contributed by atoms with Crippen molar-refractivity contribution in [1.82, 2.24) is 24.5 Å². The average molecular weight is 334 g/mol. The predicted octanol–water partition coefficient (Wildman–Crippen LogP) is 2.73. The Morgan fingerprint density at radius 1 is 1.04 bits per heavy atom. The minimum Gasteiger partial charge on any atom is -0.341 e. The van der Waals surface area contributed by atoms with Gasteiger partial charge in [-0.1, -0.05) is 6.07 Å². The SMILES string of the molecule is Cn1cncc1-c1ccc(CC2CCN(c3ncccn3)CC2)cn1. The molecular weight excluding hydrogens is 312 g/mol. The molecule has 3 aromatic rings. The third-order valence-electron chi connectivity index (χ3n) is 4.88. The Morgan fingerprint density at radius 2 is 1.84 bits per heavy atom. The molecule has 1 fully saturated rings. The van der Waals surface area contributed by atoms with Gasteiger partial charge in [-0.05, 0) is 42.9 Å². The van der Waals surface area contributed by atoms with Crippen LogP contribution in [-0.2, 0) is 13.5 Å². The van der Waals surface area contributed by atoms with Crippen molar-refractivity contribution in [2.75, 3.05) is 18.0 Å². The van der Waals surface area contributed by atoms with Gasteiger partial charge in [0.1, 0.15) is 0 Å². The summed E-state index contributed by atoms with van der Waals surface area (Å²) in [6.07, 6.45) is 12.7. The van der Waals surface area contributed by atoms with Gasteiger partial charge in [0.15, 0.2) is 0 Å². The topological polar surface area (TPSA) is 59.7 Å². The van der Waals surface area contributed by atoms with Gasteiger partial charge in [0, 0.05) is 38.7 Å². The minimum atomic E-state index is 0.698. The largest absolute Gasteiger partial charge is 0.341 e. The first kappa shape index (κ1) is 15.7. The van der Waals surface area contributed by atoms with Gasteiger partial charge in [0.05, 0.1) is 23.9 Å². The molecule has 0 unspecified atom stereocenters. The molecule has 128 valence electrons. The normalized spacial score (nSPS) is 15.5. The maximum Gasteiger partial charge on any atom is 0.225 e. The summed E-state index contributed by atoms with van der Waals surface area (Å²) in [7, 11) is 1.99. The van der Waals surface area contributed by atoms with E-state index in [4.69, 9.17) is 0 Å². The molecule has 0 spiro atoms. The van der Waals surface area contributed by atoms with Crippen molar-refractivity contribution in [3.63, 3.8) is 0 Å². The van der Waals surface area contributed by atoms with Crippen LogP contribution in [0.3, 0.4) is 0 Å². The maximum absolute atomic E-state index is 4.62. The first-order valence-corrected chi connectivity index (χ1v) is 8.73. The van der Waals surface area contributed by atoms with Gasteiger partial charge in [-0.3, -0.25) is 4.98 Å². The number of aryl methyl sites for hydroxylation is 1. The van der Waals surface area contributed by atoms with E-state index in [1.165, 1.54) is 18.4 Å². The highest BCUT2D eigenvalue weighted by Gasteiger charge is 2.21. The van der Waals surface area contributed by atoms with Gasteiger partial charge in [-0.2, -0.15) is 0 Å². The molecule has 0 bridgehead atoms. The van der Waals surface area contributed by atoms with Crippen LogP contribution in [0.4, 0.5) is 5.95 Å². The molecule has 25 heavy (non-hydrogen) atoms. The summed E-state index contributed by atoms with van der Waals surface area (Å²) < 4.78 is 1.99. The van der Waals surface area contributed by atoms with Crippen LogP contribution in [0.25, 0.3) is 11.4 Å². The molecule has 0 atom stereocenters. The van der Waals surface area contributed by atoms with Gasteiger partial charge in [-0.25, -0.2) is 15.0 Å². The molecule has 0 saturated carbocycles. The quantitative estimate of drug-likeness (QED) is 0.734. The number of anilines is 1. The van der Waals surface area contributed by atoms with Gasteiger partial charge in [0.2, 0.25) is 5.95 Å². The third kappa shape index (κ3) is 3.52. The second kappa shape index (κ2) is 7.01. The fraction of sp³-hybridized carbons (Fsp3) is 0.368. The van der Waals surface area contributed by atoms with E-state index in [0.717, 1.165) is 36.8 Å². The lowest BCUT2D eigenvalue weighted by molar-refractivity contribution is 0.400. The number of nitrogens with zero attached hydrogens (tertiary/aromatic N) is 6. The molecule has 0 N–H and O–H groups in total. The molecule has 4 heterocycles. The summed E-state index contributed by atoms with van der Waals surface area (Å²) in [5, 5.41) is 0. The Balaban J connectivity index is 1.35. The molecular formula is C19H22N6. The lowest BCUT2D eigenvalue weighted by atomic mass is 9.91. The fourth-order valence-electron chi connectivity index (χ4n) is 3.43. The molecule has 1 aliphatic heterocycles. The number of piperidine rings is 1. The van der Waals surface area contributed by atoms with E-state index in [1.807, 2.05) is 42.5 Å². The van der Waals surface area contributed by atoms with Gasteiger partial charge < -0.3 is 9.47 Å². The van der Waals surface area contributed by atoms with Crippen molar-refractivity contribution in [3.8, 4) is 11.4 Å². The predicted molar refractivity (Wildman–Crippen MR) is 97.1 cm³/mol. The summed E-state index contributed by atoms with van der Waals surface area (Å²) in [6.45, 7) is 2.05. The zero-order chi connectivity index (χ0) is 17.1. The molecule has 1 saturated heterocycles. The third-order valence-corrected chi connectivity index (χ3v) is 4.88. The van der Waals surface area contributed by atoms with Crippen LogP contribution in [0.2, 0.25) is 0 Å². The van der Waals surface area contributed by atoms with Crippen LogP contribution < -0.4 is 4.90 Å². The Hall–Kier alpha value is -2.76. The minimum absolute atomic E-state index is 0.698. The van der Waals surface area contributed by atoms with Crippen molar-refractivity contribution in [1.29, 1.82) is 0 Å². The van der Waals surface area contributed by atoms with Crippen molar-refractivity contribution >= 4 is 5.95 Å². The molecule has 6 nitrogen and oxygen atoms in total. The lowest BCUT2D eigenvalue weighted by Gasteiger charge is -2.31. The molecule has 0 amide bonds. The smallest absolute Gasteiger partial charge is 0.225 e. The van der Waals surface area contributed by atoms with E-state index in [1.54, 1.807) is 6.33 Å². The molecule has 0 aromatic carbocycles. The molecule has 1 aliphatic rings. The van der Waals surface area contributed by atoms with Crippen LogP contribution in [0.5, 0.6) is 0 Å². The van der Waals surface area contributed by atoms with Crippen molar-refractivity contribution in [3.05, 3.63) is 54.9 Å². The second-order valence-electron chi connectivity index (χ2n) is 6.62. The number of aromatic nitrogens is 5. The highest BCUT2D eigenvalue weighted by molar-refractivity contribution is 5.53. The second-order valence-corrected chi connectivity index (χ2v) is 6.62. The fourth-order valence-corrected chi connectivity index (χ4v) is 3.43. The zero-order valence-electron chi connectivity index (χ0n) is 14.4. The standard InChI is InChI=1S/C19H22N6/c1-24-14-20-13-18(24)17-4-3-16(12-23-17)11-15-5-9-25(10-6-15)19-21-7-2-8-22-19/h2-4,7-8,12-15H,5-6,9-11H2,1H3. The number of imidazole rings is 1. The summed E-state index contributed by atoms with van der Waals surface area (Å²) in [4.78, 5) is 19.8. The van der Waals surface area contributed by atoms with Crippen LogP contribution in [0, 0.1) is 5.92 Å². The number of pyridine rings is 1. The Labute approximate surface area is 147 Å². The van der Waals surface area contributed by atoms with Crippen LogP contribution in [0.1, 0.15) is 18.4 Å². The summed E-state index contributed by atoms with van der Waals surface area (Å²) in [5.41, 5.74) is 3.32. The maximum atomic E-state index is 4.62. The van der Waals surface area contributed by atoms with E-state index >= 15 is 0 Å². The molecule has 0 aliphatic carbocycles. The Morgan fingerprint density at radius 3 is 2.48 bits per heavy atom. The van der Waals surface area contributed by atoms with Crippen molar-refractivity contribution < 1.29 is 0 Å². The van der Waals surface area contributed by atoms with Gasteiger partial charge in [0.25, 0.3) is 0 Å². The highest BCUT2D eigenvalue weighted by Crippen LogP contribution is 2.24. The monoisotopic (exact) mass is 334 g/mol. The van der Waals surface area contributed by atoms with Crippen LogP contribution in [0.15, 0.2) is 49.3 Å². The van der Waals surface area contributed by atoms with E-state index in [2.05, 4.69) is 37.0 Å².